The lowest BCUT2D eigenvalue weighted by atomic mass is 9.95. The number of aromatic nitrogens is 2. The zero-order valence-corrected chi connectivity index (χ0v) is 17.9. The highest BCUT2D eigenvalue weighted by Crippen LogP contribution is 2.29. The van der Waals surface area contributed by atoms with Crippen molar-refractivity contribution in [3.63, 3.8) is 0 Å². The van der Waals surface area contributed by atoms with Crippen molar-refractivity contribution >= 4 is 5.91 Å². The summed E-state index contributed by atoms with van der Waals surface area (Å²) in [5.41, 5.74) is 12.5. The lowest BCUT2D eigenvalue weighted by Crippen LogP contribution is -2.43. The van der Waals surface area contributed by atoms with E-state index in [1.165, 1.54) is 5.56 Å². The van der Waals surface area contributed by atoms with Crippen LogP contribution in [0.15, 0.2) is 48.9 Å². The number of benzene rings is 2. The van der Waals surface area contributed by atoms with Gasteiger partial charge in [-0.3, -0.25) is 9.69 Å². The minimum absolute atomic E-state index is 0.406. The van der Waals surface area contributed by atoms with Crippen LogP contribution >= 0.6 is 0 Å². The molecule has 156 valence electrons. The molecule has 30 heavy (non-hydrogen) atoms. The number of hydrogen-bond donors (Lipinski definition) is 1. The number of rotatable bonds is 5. The fourth-order valence-electron chi connectivity index (χ4n) is 4.02. The van der Waals surface area contributed by atoms with Gasteiger partial charge in [-0.2, -0.15) is 0 Å². The number of amides is 1. The summed E-state index contributed by atoms with van der Waals surface area (Å²) in [6, 6.07) is 12.3. The van der Waals surface area contributed by atoms with Crippen molar-refractivity contribution in [2.45, 2.75) is 20.4 Å². The second-order valence-electron chi connectivity index (χ2n) is 8.25. The van der Waals surface area contributed by atoms with E-state index in [1.54, 1.807) is 0 Å². The lowest BCUT2D eigenvalue weighted by Gasteiger charge is -2.32. The van der Waals surface area contributed by atoms with E-state index in [0.29, 0.717) is 5.56 Å². The Bertz CT molecular complexity index is 1060. The Balaban J connectivity index is 1.71. The molecule has 1 aromatic heterocycles. The van der Waals surface area contributed by atoms with Crippen molar-refractivity contribution in [3.05, 3.63) is 71.3 Å². The Morgan fingerprint density at radius 2 is 1.83 bits per heavy atom. The molecule has 0 aliphatic carbocycles. The van der Waals surface area contributed by atoms with E-state index in [9.17, 15) is 4.79 Å². The van der Waals surface area contributed by atoms with Crippen LogP contribution in [0, 0.1) is 13.8 Å². The molecule has 1 amide bonds. The van der Waals surface area contributed by atoms with Crippen LogP contribution < -0.4 is 5.73 Å². The fourth-order valence-corrected chi connectivity index (χ4v) is 4.02. The summed E-state index contributed by atoms with van der Waals surface area (Å²) in [6.07, 6.45) is 3.82. The molecule has 0 spiro atoms. The van der Waals surface area contributed by atoms with E-state index in [4.69, 9.17) is 5.73 Å². The molecule has 4 rings (SSSR count). The second kappa shape index (κ2) is 8.42. The van der Waals surface area contributed by atoms with Gasteiger partial charge >= 0.3 is 0 Å². The smallest absolute Gasteiger partial charge is 0.249 e. The van der Waals surface area contributed by atoms with Crippen molar-refractivity contribution in [1.29, 1.82) is 0 Å². The van der Waals surface area contributed by atoms with Crippen molar-refractivity contribution < 1.29 is 4.79 Å². The number of carbonyl (C=O) groups excluding carboxylic acids is 1. The summed E-state index contributed by atoms with van der Waals surface area (Å²) in [6.45, 7) is 9.20. The number of likely N-dealkylation sites (N-methyl/N-ethyl adjacent to an activating group) is 1. The molecule has 0 bridgehead atoms. The maximum absolute atomic E-state index is 12.1. The molecule has 1 saturated heterocycles. The van der Waals surface area contributed by atoms with Gasteiger partial charge in [-0.05, 0) is 61.3 Å². The third-order valence-corrected chi connectivity index (χ3v) is 5.86. The third kappa shape index (κ3) is 4.30. The number of nitrogens with two attached hydrogens (primary N) is 1. The molecule has 1 fully saturated rings. The molecule has 6 heteroatoms. The normalized spacial score (nSPS) is 15.4. The van der Waals surface area contributed by atoms with Crippen molar-refractivity contribution in [3.8, 4) is 16.8 Å². The molecule has 1 aliphatic heterocycles. The predicted molar refractivity (Wildman–Crippen MR) is 120 cm³/mol. The molecule has 6 nitrogen and oxygen atoms in total. The summed E-state index contributed by atoms with van der Waals surface area (Å²) in [5, 5.41) is 0. The Morgan fingerprint density at radius 3 is 2.50 bits per heavy atom. The number of hydrogen-bond acceptors (Lipinski definition) is 4. The quantitative estimate of drug-likeness (QED) is 0.711. The molecule has 1 aliphatic rings. The Labute approximate surface area is 177 Å². The van der Waals surface area contributed by atoms with Crippen LogP contribution in [0.5, 0.6) is 0 Å². The van der Waals surface area contributed by atoms with E-state index >= 15 is 0 Å². The zero-order valence-electron chi connectivity index (χ0n) is 17.9. The first-order valence-electron chi connectivity index (χ1n) is 10.4. The van der Waals surface area contributed by atoms with Gasteiger partial charge < -0.3 is 15.2 Å². The average Bonchev–Trinajstić information content (AvgIpc) is 3.16. The van der Waals surface area contributed by atoms with Crippen LogP contribution in [0.4, 0.5) is 0 Å². The molecule has 2 N–H and O–H groups in total. The Hall–Kier alpha value is -2.96. The first kappa shape index (κ1) is 20.3. The minimum atomic E-state index is -0.406. The predicted octanol–water partition coefficient (Wildman–Crippen LogP) is 3.00. The molecule has 2 heterocycles. The fraction of sp³-hybridized carbons (Fsp3) is 0.333. The molecular weight excluding hydrogens is 374 g/mol. The monoisotopic (exact) mass is 403 g/mol. The van der Waals surface area contributed by atoms with E-state index in [-0.39, 0.29) is 0 Å². The van der Waals surface area contributed by atoms with Gasteiger partial charge in [0.1, 0.15) is 0 Å². The number of aryl methyl sites for hydroxylation is 2. The number of primary amides is 1. The largest absolute Gasteiger partial charge is 0.366 e. The number of imidazole rings is 1. The van der Waals surface area contributed by atoms with Crippen LogP contribution in [0.2, 0.25) is 0 Å². The molecule has 0 unspecified atom stereocenters. The van der Waals surface area contributed by atoms with Gasteiger partial charge in [0.2, 0.25) is 5.91 Å². The molecule has 3 aromatic rings. The van der Waals surface area contributed by atoms with E-state index in [0.717, 1.165) is 60.8 Å². The third-order valence-electron chi connectivity index (χ3n) is 5.86. The number of carbonyl (C=O) groups is 1. The summed E-state index contributed by atoms with van der Waals surface area (Å²) in [7, 11) is 2.16. The highest BCUT2D eigenvalue weighted by Gasteiger charge is 2.17. The average molecular weight is 404 g/mol. The summed E-state index contributed by atoms with van der Waals surface area (Å²) in [4.78, 5) is 21.3. The van der Waals surface area contributed by atoms with Gasteiger partial charge in [0.15, 0.2) is 0 Å². The lowest BCUT2D eigenvalue weighted by molar-refractivity contribution is 0.100. The molecule has 0 atom stereocenters. The highest BCUT2D eigenvalue weighted by molar-refractivity contribution is 6.00. The Kier molecular flexibility index (Phi) is 5.70. The summed E-state index contributed by atoms with van der Waals surface area (Å²) >= 11 is 0. The van der Waals surface area contributed by atoms with Gasteiger partial charge in [-0.25, -0.2) is 4.98 Å². The van der Waals surface area contributed by atoms with Crippen LogP contribution in [-0.4, -0.2) is 58.5 Å². The first-order chi connectivity index (χ1) is 14.4. The summed E-state index contributed by atoms with van der Waals surface area (Å²) < 4.78 is 2.02. The van der Waals surface area contributed by atoms with Crippen molar-refractivity contribution in [2.75, 3.05) is 33.2 Å². The molecule has 2 aromatic carbocycles. The van der Waals surface area contributed by atoms with Crippen LogP contribution in [-0.2, 0) is 6.54 Å². The molecular formula is C24H29N5O. The van der Waals surface area contributed by atoms with Crippen LogP contribution in [0.1, 0.15) is 27.2 Å². The van der Waals surface area contributed by atoms with Gasteiger partial charge in [-0.15, -0.1) is 0 Å². The van der Waals surface area contributed by atoms with Gasteiger partial charge in [0.25, 0.3) is 0 Å². The topological polar surface area (TPSA) is 67.4 Å². The van der Waals surface area contributed by atoms with Crippen molar-refractivity contribution in [2.24, 2.45) is 5.73 Å². The second-order valence-corrected chi connectivity index (χ2v) is 8.25. The van der Waals surface area contributed by atoms with Crippen LogP contribution in [0.25, 0.3) is 16.8 Å². The highest BCUT2D eigenvalue weighted by atomic mass is 16.1. The van der Waals surface area contributed by atoms with Gasteiger partial charge in [-0.1, -0.05) is 18.2 Å². The van der Waals surface area contributed by atoms with Crippen LogP contribution in [0.3, 0.4) is 0 Å². The number of piperazine rings is 1. The Morgan fingerprint density at radius 1 is 1.07 bits per heavy atom. The van der Waals surface area contributed by atoms with Crippen molar-refractivity contribution in [1.82, 2.24) is 19.4 Å². The standard InChI is InChI=1S/C24H29N5O/c1-17-4-6-20(13-23(17)29-14-18(2)26-16-29)22-12-19(5-7-21(22)24(25)30)15-28-10-8-27(3)9-11-28/h4-7,12-14,16H,8-11,15H2,1-3H3,(H2,25,30). The van der Waals surface area contributed by atoms with E-state index < -0.39 is 5.91 Å². The number of nitrogens with zero attached hydrogens (tertiary/aromatic N) is 4. The maximum Gasteiger partial charge on any atom is 0.249 e. The SMILES string of the molecule is Cc1cn(-c2cc(-c3cc(CN4CCN(C)CC4)ccc3C(N)=O)ccc2C)cn1. The van der Waals surface area contributed by atoms with Gasteiger partial charge in [0.05, 0.1) is 12.0 Å². The van der Waals surface area contributed by atoms with Gasteiger partial charge in [0, 0.05) is 50.2 Å². The maximum atomic E-state index is 12.1. The summed E-state index contributed by atoms with van der Waals surface area (Å²) in [5.74, 6) is -0.406. The molecule has 0 saturated carbocycles. The van der Waals surface area contributed by atoms with E-state index in [2.05, 4.69) is 53.0 Å². The first-order valence-corrected chi connectivity index (χ1v) is 10.4. The minimum Gasteiger partial charge on any atom is -0.366 e. The molecule has 0 radical (unpaired) electrons. The van der Waals surface area contributed by atoms with E-state index in [1.807, 2.05) is 36.1 Å². The zero-order chi connectivity index (χ0) is 21.3.